The molecule has 0 bridgehead atoms. The van der Waals surface area contributed by atoms with Gasteiger partial charge in [0.1, 0.15) is 5.75 Å². The molecule has 3 rings (SSSR count). The van der Waals surface area contributed by atoms with Gasteiger partial charge in [0.05, 0.1) is 17.3 Å². The van der Waals surface area contributed by atoms with Crippen LogP contribution in [-0.2, 0) is 0 Å². The first-order chi connectivity index (χ1) is 12.9. The van der Waals surface area contributed by atoms with Crippen molar-refractivity contribution in [3.63, 3.8) is 0 Å². The molecule has 3 aromatic rings. The van der Waals surface area contributed by atoms with Crippen molar-refractivity contribution in [2.24, 2.45) is 0 Å². The molecule has 0 aliphatic heterocycles. The van der Waals surface area contributed by atoms with E-state index < -0.39 is 0 Å². The van der Waals surface area contributed by atoms with Crippen molar-refractivity contribution in [2.75, 3.05) is 39.2 Å². The highest BCUT2D eigenvalue weighted by Crippen LogP contribution is 2.32. The highest BCUT2D eigenvalue weighted by atomic mass is 35.5. The minimum atomic E-state index is -0.188. The Labute approximate surface area is 184 Å². The predicted molar refractivity (Wildman–Crippen MR) is 120 cm³/mol. The van der Waals surface area contributed by atoms with E-state index in [0.717, 1.165) is 16.0 Å². The molecule has 2 aromatic carbocycles. The number of hydrogen-bond acceptors (Lipinski definition) is 5. The van der Waals surface area contributed by atoms with Gasteiger partial charge < -0.3 is 9.64 Å². The van der Waals surface area contributed by atoms with E-state index in [1.54, 1.807) is 30.2 Å². The number of hydrogen-bond donors (Lipinski definition) is 0. The lowest BCUT2D eigenvalue weighted by Gasteiger charge is -2.22. The molecule has 28 heavy (non-hydrogen) atoms. The van der Waals surface area contributed by atoms with Gasteiger partial charge in [-0.15, -0.1) is 12.4 Å². The maximum Gasteiger partial charge on any atom is 0.260 e. The molecule has 5 nitrogen and oxygen atoms in total. The zero-order chi connectivity index (χ0) is 19.6. The van der Waals surface area contributed by atoms with Crippen molar-refractivity contribution in [2.45, 2.75) is 0 Å². The predicted octanol–water partition coefficient (Wildman–Crippen LogP) is 5.24. The van der Waals surface area contributed by atoms with Crippen LogP contribution < -0.4 is 9.64 Å². The van der Waals surface area contributed by atoms with Gasteiger partial charge in [0.2, 0.25) is 0 Å². The van der Waals surface area contributed by atoms with Gasteiger partial charge in [-0.1, -0.05) is 34.5 Å². The summed E-state index contributed by atoms with van der Waals surface area (Å²) in [6.07, 6.45) is 0. The Bertz CT molecular complexity index is 958. The summed E-state index contributed by atoms with van der Waals surface area (Å²) in [5, 5.41) is 1.47. The summed E-state index contributed by atoms with van der Waals surface area (Å²) >= 11 is 13.6. The van der Waals surface area contributed by atoms with Gasteiger partial charge in [-0.25, -0.2) is 4.98 Å². The number of carbonyl (C=O) groups excluding carboxylic acids is 1. The quantitative estimate of drug-likeness (QED) is 0.504. The van der Waals surface area contributed by atoms with Crippen LogP contribution in [0.15, 0.2) is 36.4 Å². The summed E-state index contributed by atoms with van der Waals surface area (Å²) in [5.74, 6) is 0.541. The average Bonchev–Trinajstić information content (AvgIpc) is 3.03. The number of benzene rings is 2. The van der Waals surface area contributed by atoms with Crippen LogP contribution in [0.25, 0.3) is 10.2 Å². The standard InChI is InChI=1S/C19H19Cl2N3O2S.ClH/c1-23(2)6-7-24(18(25)12-8-13(20)10-14(21)9-12)19-22-16-11-15(26-3)4-5-17(16)27-19;/h4-5,8-11H,6-7H2,1-3H3;1H. The average molecular weight is 461 g/mol. The number of anilines is 1. The van der Waals surface area contributed by atoms with Crippen molar-refractivity contribution in [3.8, 4) is 5.75 Å². The molecule has 0 fully saturated rings. The first kappa shape index (κ1) is 22.7. The second kappa shape index (κ2) is 9.76. The van der Waals surface area contributed by atoms with Crippen LogP contribution in [-0.4, -0.2) is 50.1 Å². The molecular formula is C19H20Cl3N3O2S. The molecule has 0 radical (unpaired) electrons. The van der Waals surface area contributed by atoms with Crippen LogP contribution >= 0.6 is 46.9 Å². The Morgan fingerprint density at radius 2 is 1.79 bits per heavy atom. The van der Waals surface area contributed by atoms with E-state index in [1.807, 2.05) is 37.2 Å². The van der Waals surface area contributed by atoms with Crippen LogP contribution in [0, 0.1) is 0 Å². The first-order valence-electron chi connectivity index (χ1n) is 8.24. The maximum atomic E-state index is 13.2. The monoisotopic (exact) mass is 459 g/mol. The van der Waals surface area contributed by atoms with E-state index in [4.69, 9.17) is 27.9 Å². The van der Waals surface area contributed by atoms with Gasteiger partial charge >= 0.3 is 0 Å². The molecule has 0 spiro atoms. The Balaban J connectivity index is 0.00000280. The summed E-state index contributed by atoms with van der Waals surface area (Å²) in [6, 6.07) is 10.5. The third-order valence-electron chi connectivity index (χ3n) is 3.94. The zero-order valence-electron chi connectivity index (χ0n) is 15.6. The fraction of sp³-hybridized carbons (Fsp3) is 0.263. The lowest BCUT2D eigenvalue weighted by atomic mass is 10.2. The number of thiazole rings is 1. The molecule has 0 N–H and O–H groups in total. The molecule has 1 aromatic heterocycles. The van der Waals surface area contributed by atoms with E-state index in [-0.39, 0.29) is 18.3 Å². The van der Waals surface area contributed by atoms with Gasteiger partial charge in [0.15, 0.2) is 5.13 Å². The maximum absolute atomic E-state index is 13.2. The normalized spacial score (nSPS) is 10.8. The van der Waals surface area contributed by atoms with Gasteiger partial charge in [-0.3, -0.25) is 9.69 Å². The number of likely N-dealkylation sites (N-methyl/N-ethyl adjacent to an activating group) is 1. The summed E-state index contributed by atoms with van der Waals surface area (Å²) in [7, 11) is 5.54. The highest BCUT2D eigenvalue weighted by Gasteiger charge is 2.22. The Kier molecular flexibility index (Phi) is 7.92. The van der Waals surface area contributed by atoms with Gasteiger partial charge in [0, 0.05) is 34.8 Å². The largest absolute Gasteiger partial charge is 0.497 e. The molecular weight excluding hydrogens is 441 g/mol. The highest BCUT2D eigenvalue weighted by molar-refractivity contribution is 7.22. The number of carbonyl (C=O) groups is 1. The van der Waals surface area contributed by atoms with Crippen molar-refractivity contribution < 1.29 is 9.53 Å². The van der Waals surface area contributed by atoms with E-state index in [9.17, 15) is 4.79 Å². The van der Waals surface area contributed by atoms with Crippen LogP contribution in [0.5, 0.6) is 5.75 Å². The van der Waals surface area contributed by atoms with Crippen molar-refractivity contribution in [1.29, 1.82) is 0 Å². The summed E-state index contributed by atoms with van der Waals surface area (Å²) in [4.78, 5) is 21.5. The van der Waals surface area contributed by atoms with E-state index in [0.29, 0.717) is 33.8 Å². The minimum Gasteiger partial charge on any atom is -0.497 e. The summed E-state index contributed by atoms with van der Waals surface area (Å²) in [5.41, 5.74) is 1.23. The number of ether oxygens (including phenoxy) is 1. The molecule has 0 saturated carbocycles. The fourth-order valence-corrected chi connectivity index (χ4v) is 4.05. The number of aromatic nitrogens is 1. The first-order valence-corrected chi connectivity index (χ1v) is 9.82. The summed E-state index contributed by atoms with van der Waals surface area (Å²) in [6.45, 7) is 1.19. The molecule has 0 aliphatic carbocycles. The Morgan fingerprint density at radius 3 is 2.39 bits per heavy atom. The number of fused-ring (bicyclic) bond motifs is 1. The van der Waals surface area contributed by atoms with Crippen LogP contribution in [0.2, 0.25) is 10.0 Å². The molecule has 0 aliphatic rings. The van der Waals surface area contributed by atoms with E-state index >= 15 is 0 Å². The number of rotatable bonds is 6. The lowest BCUT2D eigenvalue weighted by Crippen LogP contribution is -2.36. The molecule has 0 atom stereocenters. The molecule has 1 amide bonds. The fourth-order valence-electron chi connectivity index (χ4n) is 2.55. The second-order valence-electron chi connectivity index (χ2n) is 6.25. The molecule has 0 saturated heterocycles. The third kappa shape index (κ3) is 5.27. The summed E-state index contributed by atoms with van der Waals surface area (Å²) < 4.78 is 6.25. The molecule has 9 heteroatoms. The van der Waals surface area contributed by atoms with Crippen molar-refractivity contribution in [3.05, 3.63) is 52.0 Å². The van der Waals surface area contributed by atoms with E-state index in [1.165, 1.54) is 11.3 Å². The molecule has 150 valence electrons. The van der Waals surface area contributed by atoms with Crippen LogP contribution in [0.3, 0.4) is 0 Å². The zero-order valence-corrected chi connectivity index (χ0v) is 18.8. The Hall–Kier alpha value is -1.57. The molecule has 1 heterocycles. The third-order valence-corrected chi connectivity index (χ3v) is 5.44. The molecule has 0 unspecified atom stereocenters. The number of amides is 1. The van der Waals surface area contributed by atoms with Gasteiger partial charge in [0.25, 0.3) is 5.91 Å². The number of methoxy groups -OCH3 is 1. The number of nitrogens with zero attached hydrogens (tertiary/aromatic N) is 3. The number of halogens is 3. The smallest absolute Gasteiger partial charge is 0.260 e. The lowest BCUT2D eigenvalue weighted by molar-refractivity contribution is 0.0985. The topological polar surface area (TPSA) is 45.7 Å². The van der Waals surface area contributed by atoms with Crippen LogP contribution in [0.4, 0.5) is 5.13 Å². The van der Waals surface area contributed by atoms with Crippen molar-refractivity contribution >= 4 is 68.2 Å². The second-order valence-corrected chi connectivity index (χ2v) is 8.13. The van der Waals surface area contributed by atoms with Crippen molar-refractivity contribution in [1.82, 2.24) is 9.88 Å². The van der Waals surface area contributed by atoms with Gasteiger partial charge in [-0.2, -0.15) is 0 Å². The van der Waals surface area contributed by atoms with Gasteiger partial charge in [-0.05, 0) is 44.4 Å². The Morgan fingerprint density at radius 1 is 1.11 bits per heavy atom. The minimum absolute atomic E-state index is 0. The van der Waals surface area contributed by atoms with E-state index in [2.05, 4.69) is 4.98 Å². The van der Waals surface area contributed by atoms with Crippen LogP contribution in [0.1, 0.15) is 10.4 Å². The SMILES string of the molecule is COc1ccc2sc(N(CCN(C)C)C(=O)c3cc(Cl)cc(Cl)c3)nc2c1.Cl.